The van der Waals surface area contributed by atoms with Crippen LogP contribution in [0.2, 0.25) is 0 Å². The van der Waals surface area contributed by atoms with Crippen LogP contribution < -0.4 is 5.32 Å². The molecule has 0 aromatic rings. The number of hydrogen-bond donors (Lipinski definition) is 1. The van der Waals surface area contributed by atoms with Crippen molar-refractivity contribution in [1.82, 2.24) is 10.2 Å². The normalized spacial score (nSPS) is 23.8. The Balaban J connectivity index is 1.71. The molecule has 23 heavy (non-hydrogen) atoms. The molecular formula is C18H34N2O3. The first-order chi connectivity index (χ1) is 11.0. The largest absolute Gasteiger partial charge is 0.444 e. The molecule has 1 saturated carbocycles. The molecular weight excluding hydrogens is 292 g/mol. The first-order valence-electron chi connectivity index (χ1n) is 9.24. The zero-order valence-electron chi connectivity index (χ0n) is 15.1. The summed E-state index contributed by atoms with van der Waals surface area (Å²) in [5.74, 6) is 0.890. The van der Waals surface area contributed by atoms with Crippen molar-refractivity contribution in [2.45, 2.75) is 70.9 Å². The number of nitrogens with zero attached hydrogens (tertiary/aromatic N) is 1. The second kappa shape index (κ2) is 8.88. The van der Waals surface area contributed by atoms with E-state index in [1.54, 1.807) is 0 Å². The van der Waals surface area contributed by atoms with Crippen molar-refractivity contribution in [2.75, 3.05) is 32.8 Å². The van der Waals surface area contributed by atoms with Crippen LogP contribution in [-0.4, -0.2) is 55.5 Å². The molecule has 1 atom stereocenters. The van der Waals surface area contributed by atoms with E-state index in [9.17, 15) is 4.79 Å². The Labute approximate surface area is 141 Å². The van der Waals surface area contributed by atoms with Crippen molar-refractivity contribution in [3.05, 3.63) is 0 Å². The van der Waals surface area contributed by atoms with E-state index in [0.29, 0.717) is 19.8 Å². The standard InChI is InChI=1S/C18H34N2O3/c1-18(2,3)23-17(21)20-11-12-22-14-16(20)13-19-10-9-15-7-5-4-6-8-15/h15-16,19H,4-14H2,1-3H3. The second-order valence-electron chi connectivity index (χ2n) is 7.90. The highest BCUT2D eigenvalue weighted by atomic mass is 16.6. The quantitative estimate of drug-likeness (QED) is 0.788. The van der Waals surface area contributed by atoms with Gasteiger partial charge < -0.3 is 14.8 Å². The zero-order valence-corrected chi connectivity index (χ0v) is 15.1. The average Bonchev–Trinajstić information content (AvgIpc) is 2.51. The summed E-state index contributed by atoms with van der Waals surface area (Å²) in [6.45, 7) is 9.33. The fraction of sp³-hybridized carbons (Fsp3) is 0.944. The van der Waals surface area contributed by atoms with Gasteiger partial charge in [-0.3, -0.25) is 4.90 Å². The van der Waals surface area contributed by atoms with Crippen LogP contribution in [0.3, 0.4) is 0 Å². The summed E-state index contributed by atoms with van der Waals surface area (Å²) in [6.07, 6.45) is 8.01. The summed E-state index contributed by atoms with van der Waals surface area (Å²) in [5, 5.41) is 3.52. The molecule has 2 fully saturated rings. The van der Waals surface area contributed by atoms with Gasteiger partial charge in [0.1, 0.15) is 5.60 Å². The molecule has 0 aromatic heterocycles. The highest BCUT2D eigenvalue weighted by molar-refractivity contribution is 5.68. The van der Waals surface area contributed by atoms with Crippen molar-refractivity contribution in [1.29, 1.82) is 0 Å². The number of carbonyl (C=O) groups is 1. The monoisotopic (exact) mass is 326 g/mol. The van der Waals surface area contributed by atoms with Crippen LogP contribution in [-0.2, 0) is 9.47 Å². The van der Waals surface area contributed by atoms with E-state index in [4.69, 9.17) is 9.47 Å². The number of carbonyl (C=O) groups excluding carboxylic acids is 1. The van der Waals surface area contributed by atoms with Crippen LogP contribution in [0.25, 0.3) is 0 Å². The Morgan fingerprint density at radius 3 is 2.70 bits per heavy atom. The van der Waals surface area contributed by atoms with E-state index >= 15 is 0 Å². The van der Waals surface area contributed by atoms with Crippen molar-refractivity contribution < 1.29 is 14.3 Å². The van der Waals surface area contributed by atoms with Crippen LogP contribution in [0.5, 0.6) is 0 Å². The fourth-order valence-electron chi connectivity index (χ4n) is 3.44. The van der Waals surface area contributed by atoms with Crippen LogP contribution >= 0.6 is 0 Å². The molecule has 1 N–H and O–H groups in total. The molecule has 1 heterocycles. The Bertz CT molecular complexity index is 362. The van der Waals surface area contributed by atoms with Gasteiger partial charge >= 0.3 is 6.09 Å². The predicted molar refractivity (Wildman–Crippen MR) is 91.6 cm³/mol. The molecule has 5 heteroatoms. The minimum Gasteiger partial charge on any atom is -0.444 e. The fourth-order valence-corrected chi connectivity index (χ4v) is 3.44. The molecule has 2 aliphatic rings. The van der Waals surface area contributed by atoms with Crippen LogP contribution in [0, 0.1) is 5.92 Å². The summed E-state index contributed by atoms with van der Waals surface area (Å²) >= 11 is 0. The first-order valence-corrected chi connectivity index (χ1v) is 9.24. The van der Waals surface area contributed by atoms with Gasteiger partial charge in [0.05, 0.1) is 19.3 Å². The van der Waals surface area contributed by atoms with Gasteiger partial charge in [0.25, 0.3) is 0 Å². The zero-order chi connectivity index (χ0) is 16.7. The van der Waals surface area contributed by atoms with Gasteiger partial charge in [-0.05, 0) is 39.7 Å². The maximum Gasteiger partial charge on any atom is 0.410 e. The third-order valence-corrected chi connectivity index (χ3v) is 4.69. The van der Waals surface area contributed by atoms with Crippen LogP contribution in [0.15, 0.2) is 0 Å². The number of hydrogen-bond acceptors (Lipinski definition) is 4. The summed E-state index contributed by atoms with van der Waals surface area (Å²) < 4.78 is 11.1. The molecule has 0 radical (unpaired) electrons. The van der Waals surface area contributed by atoms with Gasteiger partial charge in [-0.25, -0.2) is 4.79 Å². The van der Waals surface area contributed by atoms with E-state index in [1.807, 2.05) is 25.7 Å². The Morgan fingerprint density at radius 2 is 2.00 bits per heavy atom. The van der Waals surface area contributed by atoms with E-state index in [1.165, 1.54) is 38.5 Å². The third kappa shape index (κ3) is 6.68. The smallest absolute Gasteiger partial charge is 0.410 e. The topological polar surface area (TPSA) is 50.8 Å². The second-order valence-corrected chi connectivity index (χ2v) is 7.90. The Morgan fingerprint density at radius 1 is 1.26 bits per heavy atom. The minimum absolute atomic E-state index is 0.0740. The third-order valence-electron chi connectivity index (χ3n) is 4.69. The number of amides is 1. The van der Waals surface area contributed by atoms with Gasteiger partial charge in [-0.2, -0.15) is 0 Å². The molecule has 1 aliphatic carbocycles. The van der Waals surface area contributed by atoms with E-state index in [0.717, 1.165) is 19.0 Å². The maximum atomic E-state index is 12.3. The van der Waals surface area contributed by atoms with Gasteiger partial charge in [0.15, 0.2) is 0 Å². The summed E-state index contributed by atoms with van der Waals surface area (Å²) in [6, 6.07) is 0.0740. The lowest BCUT2D eigenvalue weighted by atomic mass is 9.87. The lowest BCUT2D eigenvalue weighted by Gasteiger charge is -2.36. The molecule has 1 saturated heterocycles. The van der Waals surface area contributed by atoms with Crippen molar-refractivity contribution >= 4 is 6.09 Å². The summed E-state index contributed by atoms with van der Waals surface area (Å²) in [5.41, 5.74) is -0.450. The highest BCUT2D eigenvalue weighted by Crippen LogP contribution is 2.25. The SMILES string of the molecule is CC(C)(C)OC(=O)N1CCOCC1CNCCC1CCCCC1. The average molecular weight is 326 g/mol. The minimum atomic E-state index is -0.450. The first kappa shape index (κ1) is 18.5. The molecule has 5 nitrogen and oxygen atoms in total. The molecule has 1 amide bonds. The molecule has 0 bridgehead atoms. The highest BCUT2D eigenvalue weighted by Gasteiger charge is 2.30. The molecule has 1 aliphatic heterocycles. The van der Waals surface area contributed by atoms with Gasteiger partial charge in [-0.1, -0.05) is 32.1 Å². The van der Waals surface area contributed by atoms with Crippen molar-refractivity contribution in [2.24, 2.45) is 5.92 Å². The van der Waals surface area contributed by atoms with Crippen LogP contribution in [0.1, 0.15) is 59.3 Å². The number of ether oxygens (including phenoxy) is 2. The molecule has 1 unspecified atom stereocenters. The molecule has 134 valence electrons. The van der Waals surface area contributed by atoms with Crippen molar-refractivity contribution in [3.63, 3.8) is 0 Å². The molecule has 0 aromatic carbocycles. The molecule has 2 rings (SSSR count). The van der Waals surface area contributed by atoms with Gasteiger partial charge in [-0.15, -0.1) is 0 Å². The lowest BCUT2D eigenvalue weighted by Crippen LogP contribution is -2.54. The summed E-state index contributed by atoms with van der Waals surface area (Å²) in [7, 11) is 0. The van der Waals surface area contributed by atoms with E-state index in [-0.39, 0.29) is 12.1 Å². The van der Waals surface area contributed by atoms with Crippen molar-refractivity contribution in [3.8, 4) is 0 Å². The predicted octanol–water partition coefficient (Wildman–Crippen LogP) is 3.18. The number of nitrogens with one attached hydrogen (secondary N) is 1. The van der Waals surface area contributed by atoms with E-state index < -0.39 is 5.60 Å². The maximum absolute atomic E-state index is 12.3. The number of rotatable bonds is 5. The molecule has 0 spiro atoms. The van der Waals surface area contributed by atoms with Gasteiger partial charge in [0, 0.05) is 13.1 Å². The Kier molecular flexibility index (Phi) is 7.15. The number of morpholine rings is 1. The lowest BCUT2D eigenvalue weighted by molar-refractivity contribution is -0.0317. The Hall–Kier alpha value is -0.810. The van der Waals surface area contributed by atoms with Crippen LogP contribution in [0.4, 0.5) is 4.79 Å². The van der Waals surface area contributed by atoms with Gasteiger partial charge in [0.2, 0.25) is 0 Å². The summed E-state index contributed by atoms with van der Waals surface area (Å²) in [4.78, 5) is 14.1. The van der Waals surface area contributed by atoms with E-state index in [2.05, 4.69) is 5.32 Å².